The molecule has 0 aromatic carbocycles. The zero-order valence-electron chi connectivity index (χ0n) is 9.56. The van der Waals surface area contributed by atoms with E-state index in [2.05, 4.69) is 10.1 Å². The minimum Gasteiger partial charge on any atom is -0.447 e. The van der Waals surface area contributed by atoms with Crippen LogP contribution in [0.3, 0.4) is 0 Å². The maximum Gasteiger partial charge on any atom is 0.404 e. The number of nitrogen functional groups attached to an aromatic ring is 1. The summed E-state index contributed by atoms with van der Waals surface area (Å²) < 4.78 is 6.46. The second-order valence-corrected chi connectivity index (χ2v) is 3.65. The lowest BCUT2D eigenvalue weighted by atomic mass is 10.2. The molecule has 0 bridgehead atoms. The van der Waals surface area contributed by atoms with Crippen molar-refractivity contribution in [3.63, 3.8) is 0 Å². The Bertz CT molecular complexity index is 509. The van der Waals surface area contributed by atoms with Gasteiger partial charge in [-0.3, -0.25) is 9.67 Å². The van der Waals surface area contributed by atoms with Crippen LogP contribution in [0.4, 0.5) is 10.5 Å². The van der Waals surface area contributed by atoms with Crippen LogP contribution >= 0.6 is 0 Å². The Hall–Kier alpha value is -2.57. The third kappa shape index (κ3) is 2.76. The quantitative estimate of drug-likeness (QED) is 0.819. The molecule has 1 unspecified atom stereocenters. The average Bonchev–Trinajstić information content (AvgIpc) is 2.85. The maximum absolute atomic E-state index is 10.7. The summed E-state index contributed by atoms with van der Waals surface area (Å²) in [7, 11) is 0. The minimum atomic E-state index is -0.831. The number of carbonyl (C=O) groups is 1. The first kappa shape index (κ1) is 11.9. The predicted octanol–water partition coefficient (Wildman–Crippen LogP) is 0.545. The Labute approximate surface area is 103 Å². The van der Waals surface area contributed by atoms with E-state index in [-0.39, 0.29) is 12.6 Å². The molecule has 2 aromatic heterocycles. The topological polar surface area (TPSA) is 109 Å². The smallest absolute Gasteiger partial charge is 0.404 e. The van der Waals surface area contributed by atoms with Crippen LogP contribution in [-0.2, 0) is 4.74 Å². The molecule has 1 atom stereocenters. The molecule has 0 spiro atoms. The molecular formula is C11H13N5O2. The van der Waals surface area contributed by atoms with Gasteiger partial charge in [0.25, 0.3) is 0 Å². The monoisotopic (exact) mass is 247 g/mol. The van der Waals surface area contributed by atoms with Crippen LogP contribution in [0, 0.1) is 0 Å². The lowest BCUT2D eigenvalue weighted by Crippen LogP contribution is -2.23. The minimum absolute atomic E-state index is 0.0634. The van der Waals surface area contributed by atoms with Crippen LogP contribution in [0.2, 0.25) is 0 Å². The number of ether oxygens (including phenoxy) is 1. The first-order chi connectivity index (χ1) is 8.66. The molecule has 18 heavy (non-hydrogen) atoms. The zero-order chi connectivity index (χ0) is 13.0. The van der Waals surface area contributed by atoms with Crippen molar-refractivity contribution < 1.29 is 9.53 Å². The second kappa shape index (κ2) is 5.17. The Morgan fingerprint density at radius 1 is 1.50 bits per heavy atom. The number of anilines is 1. The van der Waals surface area contributed by atoms with E-state index >= 15 is 0 Å². The number of hydrogen-bond donors (Lipinski definition) is 2. The van der Waals surface area contributed by atoms with Gasteiger partial charge in [-0.2, -0.15) is 5.10 Å². The van der Waals surface area contributed by atoms with Gasteiger partial charge in [-0.05, 0) is 18.2 Å². The van der Waals surface area contributed by atoms with Crippen LogP contribution in [0.1, 0.15) is 11.7 Å². The van der Waals surface area contributed by atoms with Crippen molar-refractivity contribution in [3.05, 3.63) is 42.5 Å². The molecule has 7 nitrogen and oxygen atoms in total. The predicted molar refractivity (Wildman–Crippen MR) is 64.6 cm³/mol. The van der Waals surface area contributed by atoms with Gasteiger partial charge in [0.05, 0.1) is 17.6 Å². The van der Waals surface area contributed by atoms with Crippen molar-refractivity contribution >= 4 is 11.8 Å². The fraction of sp³-hybridized carbons (Fsp3) is 0.182. The Kier molecular flexibility index (Phi) is 3.42. The van der Waals surface area contributed by atoms with Gasteiger partial charge in [-0.1, -0.05) is 0 Å². The van der Waals surface area contributed by atoms with Gasteiger partial charge in [0, 0.05) is 12.4 Å². The van der Waals surface area contributed by atoms with E-state index < -0.39 is 6.09 Å². The molecule has 2 aromatic rings. The molecule has 0 saturated heterocycles. The number of rotatable bonds is 4. The highest BCUT2D eigenvalue weighted by Gasteiger charge is 2.17. The van der Waals surface area contributed by atoms with Crippen molar-refractivity contribution in [2.75, 3.05) is 12.3 Å². The average molecular weight is 247 g/mol. The molecule has 0 aliphatic rings. The third-order valence-corrected chi connectivity index (χ3v) is 2.38. The molecule has 2 heterocycles. The highest BCUT2D eigenvalue weighted by Crippen LogP contribution is 2.16. The van der Waals surface area contributed by atoms with Crippen molar-refractivity contribution in [1.29, 1.82) is 0 Å². The molecule has 7 heteroatoms. The number of pyridine rings is 1. The summed E-state index contributed by atoms with van der Waals surface area (Å²) in [5.74, 6) is 0. The molecule has 0 saturated carbocycles. The maximum atomic E-state index is 10.7. The first-order valence-corrected chi connectivity index (χ1v) is 5.29. The lowest BCUT2D eigenvalue weighted by molar-refractivity contribution is 0.141. The lowest BCUT2D eigenvalue weighted by Gasteiger charge is -2.16. The fourth-order valence-corrected chi connectivity index (χ4v) is 1.54. The molecule has 94 valence electrons. The first-order valence-electron chi connectivity index (χ1n) is 5.29. The van der Waals surface area contributed by atoms with Crippen LogP contribution in [0.5, 0.6) is 0 Å². The molecule has 0 fully saturated rings. The van der Waals surface area contributed by atoms with Gasteiger partial charge in [0.1, 0.15) is 12.6 Å². The van der Waals surface area contributed by atoms with Crippen LogP contribution in [-0.4, -0.2) is 27.5 Å². The van der Waals surface area contributed by atoms with E-state index in [1.807, 2.05) is 0 Å². The Morgan fingerprint density at radius 3 is 2.89 bits per heavy atom. The molecule has 2 rings (SSSR count). The van der Waals surface area contributed by atoms with Gasteiger partial charge >= 0.3 is 6.09 Å². The molecule has 0 aliphatic carbocycles. The fourth-order valence-electron chi connectivity index (χ4n) is 1.54. The van der Waals surface area contributed by atoms with Crippen LogP contribution < -0.4 is 11.5 Å². The zero-order valence-corrected chi connectivity index (χ0v) is 9.56. The standard InChI is InChI=1S/C11H13N5O2/c12-8-2-3-9(14-6-8)10(7-18-11(13)17)16-5-1-4-15-16/h1-6,10H,7,12H2,(H2,13,17). The van der Waals surface area contributed by atoms with Crippen molar-refractivity contribution in [1.82, 2.24) is 14.8 Å². The summed E-state index contributed by atoms with van der Waals surface area (Å²) in [6.45, 7) is 0.0634. The number of aromatic nitrogens is 3. The molecule has 0 aliphatic heterocycles. The molecule has 4 N–H and O–H groups in total. The molecule has 1 amide bonds. The summed E-state index contributed by atoms with van der Waals surface area (Å²) in [6.07, 6.45) is 4.10. The van der Waals surface area contributed by atoms with Crippen LogP contribution in [0.15, 0.2) is 36.8 Å². The Balaban J connectivity index is 2.24. The third-order valence-electron chi connectivity index (χ3n) is 2.38. The van der Waals surface area contributed by atoms with E-state index in [0.29, 0.717) is 11.4 Å². The summed E-state index contributed by atoms with van der Waals surface area (Å²) in [4.78, 5) is 14.9. The SMILES string of the molecule is NC(=O)OCC(c1ccc(N)cn1)n1cccn1. The van der Waals surface area contributed by atoms with Gasteiger partial charge in [0.15, 0.2) is 0 Å². The van der Waals surface area contributed by atoms with Gasteiger partial charge in [0.2, 0.25) is 0 Å². The van der Waals surface area contributed by atoms with E-state index in [1.54, 1.807) is 35.3 Å². The highest BCUT2D eigenvalue weighted by atomic mass is 16.5. The largest absolute Gasteiger partial charge is 0.447 e. The van der Waals surface area contributed by atoms with E-state index in [1.165, 1.54) is 6.20 Å². The van der Waals surface area contributed by atoms with Crippen LogP contribution in [0.25, 0.3) is 0 Å². The number of carbonyl (C=O) groups excluding carboxylic acids is 1. The van der Waals surface area contributed by atoms with E-state index in [0.717, 1.165) is 0 Å². The number of nitrogens with zero attached hydrogens (tertiary/aromatic N) is 3. The second-order valence-electron chi connectivity index (χ2n) is 3.65. The van der Waals surface area contributed by atoms with Crippen molar-refractivity contribution in [2.24, 2.45) is 5.73 Å². The Morgan fingerprint density at radius 2 is 2.33 bits per heavy atom. The summed E-state index contributed by atoms with van der Waals surface area (Å²) >= 11 is 0. The number of primary amides is 1. The summed E-state index contributed by atoms with van der Waals surface area (Å²) in [6, 6.07) is 4.93. The van der Waals surface area contributed by atoms with Gasteiger partial charge in [-0.15, -0.1) is 0 Å². The van der Waals surface area contributed by atoms with E-state index in [4.69, 9.17) is 16.2 Å². The highest BCUT2D eigenvalue weighted by molar-refractivity contribution is 5.64. The van der Waals surface area contributed by atoms with Gasteiger partial charge in [-0.25, -0.2) is 4.79 Å². The molecular weight excluding hydrogens is 234 g/mol. The number of amides is 1. The number of hydrogen-bond acceptors (Lipinski definition) is 5. The molecule has 0 radical (unpaired) electrons. The van der Waals surface area contributed by atoms with Crippen molar-refractivity contribution in [3.8, 4) is 0 Å². The number of nitrogens with two attached hydrogens (primary N) is 2. The van der Waals surface area contributed by atoms with Gasteiger partial charge < -0.3 is 16.2 Å². The summed E-state index contributed by atoms with van der Waals surface area (Å²) in [5, 5.41) is 4.11. The van der Waals surface area contributed by atoms with E-state index in [9.17, 15) is 4.79 Å². The van der Waals surface area contributed by atoms with Crippen molar-refractivity contribution in [2.45, 2.75) is 6.04 Å². The normalized spacial score (nSPS) is 12.0. The summed E-state index contributed by atoms with van der Waals surface area (Å²) in [5.41, 5.74) is 11.8.